The molecule has 15 heavy (non-hydrogen) atoms. The smallest absolute Gasteiger partial charge is 0.310 e. The van der Waals surface area contributed by atoms with Crippen LogP contribution in [0.3, 0.4) is 0 Å². The van der Waals surface area contributed by atoms with Gasteiger partial charge in [-0.25, -0.2) is 0 Å². The number of rotatable bonds is 2. The standard InChI is InChI=1S/C11H20N2O2/c1-13-6-4-10(8-13)15-11(14)9-3-2-5-12-7-9/h9-10,12H,2-8H2,1H3/t9?,10-/m0/s1. The molecule has 2 atom stereocenters. The summed E-state index contributed by atoms with van der Waals surface area (Å²) in [5.74, 6) is 0.0900. The van der Waals surface area contributed by atoms with Crippen LogP contribution in [0, 0.1) is 5.92 Å². The van der Waals surface area contributed by atoms with Crippen molar-refractivity contribution in [1.29, 1.82) is 0 Å². The fourth-order valence-electron chi connectivity index (χ4n) is 2.30. The number of nitrogens with zero attached hydrogens (tertiary/aromatic N) is 1. The van der Waals surface area contributed by atoms with Crippen LogP contribution in [0.5, 0.6) is 0 Å². The molecule has 4 nitrogen and oxygen atoms in total. The van der Waals surface area contributed by atoms with Crippen molar-refractivity contribution in [3.8, 4) is 0 Å². The molecule has 2 fully saturated rings. The molecule has 2 saturated heterocycles. The molecule has 2 aliphatic heterocycles. The van der Waals surface area contributed by atoms with Crippen LogP contribution in [0.15, 0.2) is 0 Å². The number of nitrogens with one attached hydrogen (secondary N) is 1. The number of likely N-dealkylation sites (tertiary alicyclic amines) is 1. The first-order chi connectivity index (χ1) is 7.25. The first kappa shape index (κ1) is 10.9. The Balaban J connectivity index is 1.76. The summed E-state index contributed by atoms with van der Waals surface area (Å²) in [5, 5.41) is 3.24. The average Bonchev–Trinajstić information content (AvgIpc) is 2.65. The number of esters is 1. The Morgan fingerprint density at radius 1 is 1.47 bits per heavy atom. The van der Waals surface area contributed by atoms with E-state index in [9.17, 15) is 4.79 Å². The number of carbonyl (C=O) groups excluding carboxylic acids is 1. The highest BCUT2D eigenvalue weighted by Crippen LogP contribution is 2.16. The molecule has 0 radical (unpaired) electrons. The Kier molecular flexibility index (Phi) is 3.59. The molecule has 0 bridgehead atoms. The summed E-state index contributed by atoms with van der Waals surface area (Å²) < 4.78 is 5.50. The lowest BCUT2D eigenvalue weighted by atomic mass is 10.00. The van der Waals surface area contributed by atoms with Gasteiger partial charge in [-0.2, -0.15) is 0 Å². The Morgan fingerprint density at radius 2 is 2.33 bits per heavy atom. The highest BCUT2D eigenvalue weighted by Gasteiger charge is 2.28. The van der Waals surface area contributed by atoms with Crippen molar-refractivity contribution in [2.45, 2.75) is 25.4 Å². The largest absolute Gasteiger partial charge is 0.461 e. The van der Waals surface area contributed by atoms with E-state index in [0.717, 1.165) is 45.4 Å². The molecule has 1 N–H and O–H groups in total. The third-order valence-corrected chi connectivity index (χ3v) is 3.26. The van der Waals surface area contributed by atoms with Crippen molar-refractivity contribution in [2.75, 3.05) is 33.2 Å². The molecule has 2 aliphatic rings. The molecule has 0 saturated carbocycles. The van der Waals surface area contributed by atoms with E-state index >= 15 is 0 Å². The van der Waals surface area contributed by atoms with E-state index in [-0.39, 0.29) is 18.0 Å². The van der Waals surface area contributed by atoms with Crippen molar-refractivity contribution < 1.29 is 9.53 Å². The summed E-state index contributed by atoms with van der Waals surface area (Å²) in [6.45, 7) is 3.77. The first-order valence-corrected chi connectivity index (χ1v) is 5.85. The van der Waals surface area contributed by atoms with Crippen LogP contribution in [0.2, 0.25) is 0 Å². The minimum absolute atomic E-state index is 0.00231. The van der Waals surface area contributed by atoms with Crippen LogP contribution in [0.4, 0.5) is 0 Å². The quantitative estimate of drug-likeness (QED) is 0.665. The molecule has 0 aromatic heterocycles. The molecule has 0 spiro atoms. The summed E-state index contributed by atoms with van der Waals surface area (Å²) in [7, 11) is 2.07. The third-order valence-electron chi connectivity index (χ3n) is 3.26. The number of carbonyl (C=O) groups is 1. The lowest BCUT2D eigenvalue weighted by molar-refractivity contribution is -0.153. The molecule has 0 aromatic carbocycles. The van der Waals surface area contributed by atoms with Gasteiger partial charge in [-0.3, -0.25) is 4.79 Å². The minimum atomic E-state index is 0.00231. The SMILES string of the molecule is CN1CC[C@H](OC(=O)C2CCCNC2)C1. The summed E-state index contributed by atoms with van der Waals surface area (Å²) in [6, 6.07) is 0. The lowest BCUT2D eigenvalue weighted by Crippen LogP contribution is -2.37. The van der Waals surface area contributed by atoms with Crippen LogP contribution >= 0.6 is 0 Å². The van der Waals surface area contributed by atoms with E-state index in [4.69, 9.17) is 4.74 Å². The molecular weight excluding hydrogens is 192 g/mol. The van der Waals surface area contributed by atoms with E-state index in [1.54, 1.807) is 0 Å². The fraction of sp³-hybridized carbons (Fsp3) is 0.909. The first-order valence-electron chi connectivity index (χ1n) is 5.85. The van der Waals surface area contributed by atoms with E-state index in [1.807, 2.05) is 0 Å². The Morgan fingerprint density at radius 3 is 2.93 bits per heavy atom. The van der Waals surface area contributed by atoms with Crippen LogP contribution in [-0.2, 0) is 9.53 Å². The van der Waals surface area contributed by atoms with Crippen molar-refractivity contribution in [3.63, 3.8) is 0 Å². The van der Waals surface area contributed by atoms with Gasteiger partial charge < -0.3 is 15.0 Å². The van der Waals surface area contributed by atoms with Crippen LogP contribution in [0.1, 0.15) is 19.3 Å². The van der Waals surface area contributed by atoms with Gasteiger partial charge in [0, 0.05) is 19.6 Å². The van der Waals surface area contributed by atoms with Gasteiger partial charge in [-0.1, -0.05) is 0 Å². The van der Waals surface area contributed by atoms with Gasteiger partial charge in [-0.05, 0) is 32.9 Å². The highest BCUT2D eigenvalue weighted by molar-refractivity contribution is 5.73. The second-order valence-electron chi connectivity index (χ2n) is 4.65. The predicted octanol–water partition coefficient (Wildman–Crippen LogP) is 0.233. The van der Waals surface area contributed by atoms with Crippen molar-refractivity contribution in [3.05, 3.63) is 0 Å². The molecule has 0 aromatic rings. The molecule has 2 heterocycles. The predicted molar refractivity (Wildman–Crippen MR) is 57.6 cm³/mol. The molecule has 0 aliphatic carbocycles. The van der Waals surface area contributed by atoms with Crippen LogP contribution in [0.25, 0.3) is 0 Å². The second-order valence-corrected chi connectivity index (χ2v) is 4.65. The number of piperidine rings is 1. The third kappa shape index (κ3) is 2.92. The zero-order chi connectivity index (χ0) is 10.7. The van der Waals surface area contributed by atoms with Gasteiger partial charge in [-0.15, -0.1) is 0 Å². The van der Waals surface area contributed by atoms with Crippen molar-refractivity contribution in [1.82, 2.24) is 10.2 Å². The lowest BCUT2D eigenvalue weighted by Gasteiger charge is -2.23. The Labute approximate surface area is 91.0 Å². The van der Waals surface area contributed by atoms with Gasteiger partial charge in [0.15, 0.2) is 0 Å². The summed E-state index contributed by atoms with van der Waals surface area (Å²) in [6.07, 6.45) is 3.19. The maximum Gasteiger partial charge on any atom is 0.310 e. The maximum absolute atomic E-state index is 11.8. The topological polar surface area (TPSA) is 41.6 Å². The van der Waals surface area contributed by atoms with E-state index in [1.165, 1.54) is 0 Å². The number of hydrogen-bond donors (Lipinski definition) is 1. The zero-order valence-electron chi connectivity index (χ0n) is 9.37. The fourth-order valence-corrected chi connectivity index (χ4v) is 2.30. The second kappa shape index (κ2) is 4.94. The monoisotopic (exact) mass is 212 g/mol. The van der Waals surface area contributed by atoms with E-state index in [0.29, 0.717) is 0 Å². The van der Waals surface area contributed by atoms with Crippen molar-refractivity contribution in [2.24, 2.45) is 5.92 Å². The van der Waals surface area contributed by atoms with Gasteiger partial charge in [0.25, 0.3) is 0 Å². The molecule has 1 unspecified atom stereocenters. The highest BCUT2D eigenvalue weighted by atomic mass is 16.5. The number of ether oxygens (including phenoxy) is 1. The normalized spacial score (nSPS) is 32.9. The molecule has 0 amide bonds. The zero-order valence-corrected chi connectivity index (χ0v) is 9.37. The summed E-state index contributed by atoms with van der Waals surface area (Å²) >= 11 is 0. The van der Waals surface area contributed by atoms with Crippen LogP contribution < -0.4 is 5.32 Å². The van der Waals surface area contributed by atoms with Crippen molar-refractivity contribution >= 4 is 5.97 Å². The summed E-state index contributed by atoms with van der Waals surface area (Å²) in [5.41, 5.74) is 0. The molecule has 2 rings (SSSR count). The van der Waals surface area contributed by atoms with Gasteiger partial charge in [0.05, 0.1) is 5.92 Å². The Bertz CT molecular complexity index is 227. The Hall–Kier alpha value is -0.610. The number of hydrogen-bond acceptors (Lipinski definition) is 4. The number of likely N-dealkylation sites (N-methyl/N-ethyl adjacent to an activating group) is 1. The van der Waals surface area contributed by atoms with E-state index in [2.05, 4.69) is 17.3 Å². The van der Waals surface area contributed by atoms with Crippen LogP contribution in [-0.4, -0.2) is 50.2 Å². The molecular formula is C11H20N2O2. The maximum atomic E-state index is 11.8. The van der Waals surface area contributed by atoms with Gasteiger partial charge in [0.2, 0.25) is 0 Å². The molecule has 86 valence electrons. The van der Waals surface area contributed by atoms with Gasteiger partial charge >= 0.3 is 5.97 Å². The average molecular weight is 212 g/mol. The van der Waals surface area contributed by atoms with Gasteiger partial charge in [0.1, 0.15) is 6.10 Å². The summed E-state index contributed by atoms with van der Waals surface area (Å²) in [4.78, 5) is 14.0. The molecule has 4 heteroatoms. The minimum Gasteiger partial charge on any atom is -0.461 e. The van der Waals surface area contributed by atoms with E-state index < -0.39 is 0 Å².